The van der Waals surface area contributed by atoms with Crippen molar-refractivity contribution in [2.75, 3.05) is 10.2 Å². The third kappa shape index (κ3) is 2.19. The molecule has 118 valence electrons. The first kappa shape index (κ1) is 14.6. The number of benzene rings is 1. The molecule has 3 aromatic rings. The molecular formula is C18H13N3O2S. The molecule has 4 rings (SSSR count). The number of aromatic nitrogens is 1. The largest absolute Gasteiger partial charge is 0.320 e. The van der Waals surface area contributed by atoms with Crippen molar-refractivity contribution in [3.63, 3.8) is 0 Å². The smallest absolute Gasteiger partial charge is 0.263 e. The quantitative estimate of drug-likeness (QED) is 0.731. The van der Waals surface area contributed by atoms with Crippen molar-refractivity contribution >= 4 is 40.2 Å². The number of aryl methyl sites for hydroxylation is 1. The van der Waals surface area contributed by atoms with Crippen LogP contribution in [-0.2, 0) is 0 Å². The molecule has 0 unspecified atom stereocenters. The number of thiophene rings is 1. The summed E-state index contributed by atoms with van der Waals surface area (Å²) in [6.45, 7) is 1.88. The van der Waals surface area contributed by atoms with Crippen molar-refractivity contribution in [1.29, 1.82) is 0 Å². The lowest BCUT2D eigenvalue weighted by atomic mass is 10.1. The van der Waals surface area contributed by atoms with Gasteiger partial charge in [0.2, 0.25) is 0 Å². The van der Waals surface area contributed by atoms with Gasteiger partial charge in [-0.05, 0) is 31.2 Å². The number of nitrogens with one attached hydrogen (secondary N) is 1. The number of para-hydroxylation sites is 2. The molecule has 0 atom stereocenters. The topological polar surface area (TPSA) is 62.3 Å². The number of fused-ring (bicyclic) bond motifs is 2. The lowest BCUT2D eigenvalue weighted by molar-refractivity contribution is 0.0999. The van der Waals surface area contributed by atoms with E-state index in [1.54, 1.807) is 35.5 Å². The fourth-order valence-corrected chi connectivity index (χ4v) is 3.64. The van der Waals surface area contributed by atoms with E-state index >= 15 is 0 Å². The summed E-state index contributed by atoms with van der Waals surface area (Å²) in [5.74, 6) is -0.387. The summed E-state index contributed by atoms with van der Waals surface area (Å²) in [4.78, 5) is 32.2. The molecule has 2 amide bonds. The Labute approximate surface area is 142 Å². The van der Waals surface area contributed by atoms with Gasteiger partial charge in [-0.2, -0.15) is 0 Å². The van der Waals surface area contributed by atoms with Crippen LogP contribution in [0.25, 0.3) is 0 Å². The molecule has 1 N–H and O–H groups in total. The molecule has 0 bridgehead atoms. The minimum absolute atomic E-state index is 0.193. The highest BCUT2D eigenvalue weighted by atomic mass is 32.1. The molecular weight excluding hydrogens is 322 g/mol. The maximum absolute atomic E-state index is 13.2. The summed E-state index contributed by atoms with van der Waals surface area (Å²) >= 11 is 1.46. The van der Waals surface area contributed by atoms with E-state index in [-0.39, 0.29) is 11.8 Å². The highest BCUT2D eigenvalue weighted by molar-refractivity contribution is 7.10. The van der Waals surface area contributed by atoms with Gasteiger partial charge in [0.1, 0.15) is 0 Å². The molecule has 0 aliphatic carbocycles. The van der Waals surface area contributed by atoms with Crippen molar-refractivity contribution in [3.05, 3.63) is 70.2 Å². The van der Waals surface area contributed by atoms with Crippen molar-refractivity contribution < 1.29 is 9.59 Å². The number of hydrogen-bond acceptors (Lipinski definition) is 4. The molecule has 2 aromatic heterocycles. The average Bonchev–Trinajstić information content (AvgIpc) is 2.92. The zero-order chi connectivity index (χ0) is 16.7. The van der Waals surface area contributed by atoms with Crippen LogP contribution in [0.5, 0.6) is 0 Å². The number of carbonyl (C=O) groups excluding carboxylic acids is 2. The minimum Gasteiger partial charge on any atom is -0.320 e. The van der Waals surface area contributed by atoms with E-state index in [1.807, 2.05) is 30.5 Å². The van der Waals surface area contributed by atoms with E-state index in [4.69, 9.17) is 0 Å². The first-order valence-corrected chi connectivity index (χ1v) is 8.27. The maximum atomic E-state index is 13.2. The van der Waals surface area contributed by atoms with Crippen LogP contribution in [-0.4, -0.2) is 16.8 Å². The highest BCUT2D eigenvalue weighted by Gasteiger charge is 2.31. The zero-order valence-corrected chi connectivity index (χ0v) is 13.6. The summed E-state index contributed by atoms with van der Waals surface area (Å²) in [6.07, 6.45) is 3.17. The molecule has 0 radical (unpaired) electrons. The Balaban J connectivity index is 1.96. The van der Waals surface area contributed by atoms with Crippen LogP contribution >= 0.6 is 11.3 Å². The molecule has 0 saturated carbocycles. The number of nitrogens with zero attached hydrogens (tertiary/aromatic N) is 2. The molecule has 0 fully saturated rings. The molecule has 6 heteroatoms. The summed E-state index contributed by atoms with van der Waals surface area (Å²) < 4.78 is 0. The number of pyridine rings is 1. The van der Waals surface area contributed by atoms with Gasteiger partial charge in [-0.25, -0.2) is 0 Å². The van der Waals surface area contributed by atoms with Crippen LogP contribution in [0.2, 0.25) is 0 Å². The monoisotopic (exact) mass is 335 g/mol. The van der Waals surface area contributed by atoms with Crippen molar-refractivity contribution in [2.45, 2.75) is 6.92 Å². The van der Waals surface area contributed by atoms with Crippen LogP contribution < -0.4 is 10.2 Å². The van der Waals surface area contributed by atoms with E-state index in [9.17, 15) is 9.59 Å². The SMILES string of the molecule is Cc1scc2c1C(=O)Nc1ccccc1N2C(=O)c1ccncc1. The first-order chi connectivity index (χ1) is 11.7. The Kier molecular flexibility index (Phi) is 3.39. The highest BCUT2D eigenvalue weighted by Crippen LogP contribution is 2.42. The first-order valence-electron chi connectivity index (χ1n) is 7.40. The number of anilines is 3. The van der Waals surface area contributed by atoms with Crippen LogP contribution in [0.4, 0.5) is 17.1 Å². The fourth-order valence-electron chi connectivity index (χ4n) is 2.81. The Morgan fingerprint density at radius 3 is 2.67 bits per heavy atom. The maximum Gasteiger partial charge on any atom is 0.263 e. The van der Waals surface area contributed by atoms with Gasteiger partial charge in [0.15, 0.2) is 0 Å². The third-order valence-corrected chi connectivity index (χ3v) is 4.85. The van der Waals surface area contributed by atoms with Crippen molar-refractivity contribution in [3.8, 4) is 0 Å². The number of rotatable bonds is 1. The molecule has 24 heavy (non-hydrogen) atoms. The molecule has 1 aliphatic heterocycles. The zero-order valence-electron chi connectivity index (χ0n) is 12.8. The second-order valence-electron chi connectivity index (χ2n) is 5.40. The number of amides is 2. The molecule has 1 aromatic carbocycles. The van der Waals surface area contributed by atoms with E-state index in [1.165, 1.54) is 11.3 Å². The Hall–Kier alpha value is -2.99. The lowest BCUT2D eigenvalue weighted by Crippen LogP contribution is -2.26. The predicted molar refractivity (Wildman–Crippen MR) is 94.2 cm³/mol. The van der Waals surface area contributed by atoms with E-state index in [0.717, 1.165) is 4.88 Å². The summed E-state index contributed by atoms with van der Waals surface area (Å²) in [6, 6.07) is 10.6. The van der Waals surface area contributed by atoms with E-state index < -0.39 is 0 Å². The standard InChI is InChI=1S/C18H13N3O2S/c1-11-16-15(10-24-11)21(18(23)12-6-8-19-9-7-12)14-5-3-2-4-13(14)20-17(16)22/h2-10H,1H3,(H,20,22). The van der Waals surface area contributed by atoms with E-state index in [0.29, 0.717) is 28.2 Å². The van der Waals surface area contributed by atoms with Gasteiger partial charge in [-0.15, -0.1) is 11.3 Å². The van der Waals surface area contributed by atoms with Gasteiger partial charge in [0.25, 0.3) is 11.8 Å². The predicted octanol–water partition coefficient (Wildman–Crippen LogP) is 4.00. The van der Waals surface area contributed by atoms with Gasteiger partial charge in [0, 0.05) is 28.2 Å². The molecule has 3 heterocycles. The van der Waals surface area contributed by atoms with Crippen molar-refractivity contribution in [2.24, 2.45) is 0 Å². The van der Waals surface area contributed by atoms with Crippen molar-refractivity contribution in [1.82, 2.24) is 4.98 Å². The van der Waals surface area contributed by atoms with Gasteiger partial charge in [-0.1, -0.05) is 12.1 Å². The summed E-state index contributed by atoms with van der Waals surface area (Å²) in [7, 11) is 0. The third-order valence-electron chi connectivity index (χ3n) is 3.95. The molecule has 5 nitrogen and oxygen atoms in total. The Bertz CT molecular complexity index is 950. The Morgan fingerprint density at radius 1 is 1.12 bits per heavy atom. The summed E-state index contributed by atoms with van der Waals surface area (Å²) in [5.41, 5.74) is 2.94. The van der Waals surface area contributed by atoms with Crippen LogP contribution in [0, 0.1) is 6.92 Å². The second kappa shape index (κ2) is 5.58. The van der Waals surface area contributed by atoms with Crippen LogP contribution in [0.15, 0.2) is 54.2 Å². The van der Waals surface area contributed by atoms with E-state index in [2.05, 4.69) is 10.3 Å². The second-order valence-corrected chi connectivity index (χ2v) is 6.48. The van der Waals surface area contributed by atoms with Gasteiger partial charge in [-0.3, -0.25) is 19.5 Å². The molecule has 1 aliphatic rings. The minimum atomic E-state index is -0.194. The Morgan fingerprint density at radius 2 is 1.88 bits per heavy atom. The summed E-state index contributed by atoms with van der Waals surface area (Å²) in [5, 5.41) is 4.76. The van der Waals surface area contributed by atoms with Crippen LogP contribution in [0.3, 0.4) is 0 Å². The average molecular weight is 335 g/mol. The normalized spacial score (nSPS) is 12.9. The fraction of sp³-hybridized carbons (Fsp3) is 0.0556. The van der Waals surface area contributed by atoms with Gasteiger partial charge < -0.3 is 5.32 Å². The van der Waals surface area contributed by atoms with Crippen LogP contribution in [0.1, 0.15) is 25.6 Å². The lowest BCUT2D eigenvalue weighted by Gasteiger charge is -2.22. The molecule has 0 spiro atoms. The molecule has 0 saturated heterocycles. The van der Waals surface area contributed by atoms with Gasteiger partial charge in [0.05, 0.1) is 22.6 Å². The number of hydrogen-bond donors (Lipinski definition) is 1. The number of carbonyl (C=O) groups is 2. The van der Waals surface area contributed by atoms with Gasteiger partial charge >= 0.3 is 0 Å².